The van der Waals surface area contributed by atoms with Gasteiger partial charge in [-0.1, -0.05) is 12.2 Å². The van der Waals surface area contributed by atoms with Crippen LogP contribution in [-0.4, -0.2) is 24.7 Å². The first-order valence-electron chi connectivity index (χ1n) is 4.45. The average Bonchev–Trinajstić information content (AvgIpc) is 2.64. The lowest BCUT2D eigenvalue weighted by Gasteiger charge is -2.04. The topological polar surface area (TPSA) is 78.8 Å². The standard InChI is InChI=1S/C9H9N5OS/c1-14-5-12-9(13-14)15-8-6(7(10)16)3-2-4-11-8/h2-5H,1H3,(H2,10,16). The summed E-state index contributed by atoms with van der Waals surface area (Å²) in [5.41, 5.74) is 6.10. The number of rotatable bonds is 3. The van der Waals surface area contributed by atoms with E-state index in [0.29, 0.717) is 11.4 Å². The van der Waals surface area contributed by atoms with Crippen molar-refractivity contribution in [1.29, 1.82) is 0 Å². The molecule has 6 nitrogen and oxygen atoms in total. The molecule has 2 aromatic heterocycles. The van der Waals surface area contributed by atoms with E-state index in [1.165, 1.54) is 11.0 Å². The summed E-state index contributed by atoms with van der Waals surface area (Å²) < 4.78 is 6.90. The van der Waals surface area contributed by atoms with E-state index in [0.717, 1.165) is 0 Å². The molecule has 0 aromatic carbocycles. The molecule has 2 N–H and O–H groups in total. The van der Waals surface area contributed by atoms with Crippen LogP contribution in [0.25, 0.3) is 0 Å². The average molecular weight is 235 g/mol. The quantitative estimate of drug-likeness (QED) is 0.786. The molecule has 0 fully saturated rings. The maximum absolute atomic E-state index is 5.54. The van der Waals surface area contributed by atoms with E-state index in [2.05, 4.69) is 15.1 Å². The molecule has 82 valence electrons. The number of ether oxygens (including phenoxy) is 1. The van der Waals surface area contributed by atoms with Gasteiger partial charge in [-0.05, 0) is 12.1 Å². The second-order valence-electron chi connectivity index (χ2n) is 3.02. The molecule has 16 heavy (non-hydrogen) atoms. The lowest BCUT2D eigenvalue weighted by molar-refractivity contribution is 0.422. The molecule has 0 atom stereocenters. The second kappa shape index (κ2) is 4.23. The van der Waals surface area contributed by atoms with Gasteiger partial charge in [0.1, 0.15) is 11.3 Å². The van der Waals surface area contributed by atoms with Crippen molar-refractivity contribution in [2.24, 2.45) is 12.8 Å². The van der Waals surface area contributed by atoms with Crippen LogP contribution < -0.4 is 10.5 Å². The molecule has 7 heteroatoms. The van der Waals surface area contributed by atoms with Crippen molar-refractivity contribution in [3.05, 3.63) is 30.2 Å². The highest BCUT2D eigenvalue weighted by molar-refractivity contribution is 7.80. The third-order valence-corrected chi connectivity index (χ3v) is 2.02. The number of thiocarbonyl (C=S) groups is 1. The van der Waals surface area contributed by atoms with Crippen molar-refractivity contribution in [2.75, 3.05) is 0 Å². The minimum Gasteiger partial charge on any atom is -0.403 e. The van der Waals surface area contributed by atoms with Gasteiger partial charge in [-0.2, -0.15) is 4.98 Å². The van der Waals surface area contributed by atoms with E-state index >= 15 is 0 Å². The number of hydrogen-bond donors (Lipinski definition) is 1. The van der Waals surface area contributed by atoms with E-state index in [9.17, 15) is 0 Å². The Morgan fingerprint density at radius 3 is 2.94 bits per heavy atom. The molecular weight excluding hydrogens is 226 g/mol. The van der Waals surface area contributed by atoms with Gasteiger partial charge in [-0.25, -0.2) is 4.98 Å². The predicted molar refractivity (Wildman–Crippen MR) is 61.2 cm³/mol. The zero-order valence-electron chi connectivity index (χ0n) is 8.49. The molecule has 0 spiro atoms. The molecule has 2 rings (SSSR count). The number of hydrogen-bond acceptors (Lipinski definition) is 5. The third-order valence-electron chi connectivity index (χ3n) is 1.80. The first-order valence-corrected chi connectivity index (χ1v) is 4.86. The summed E-state index contributed by atoms with van der Waals surface area (Å²) in [5, 5.41) is 3.97. The monoisotopic (exact) mass is 235 g/mol. The summed E-state index contributed by atoms with van der Waals surface area (Å²) in [7, 11) is 1.74. The van der Waals surface area contributed by atoms with Gasteiger partial charge in [-0.3, -0.25) is 4.68 Å². The first-order chi connectivity index (χ1) is 7.66. The van der Waals surface area contributed by atoms with Crippen molar-refractivity contribution in [3.8, 4) is 11.9 Å². The Bertz CT molecular complexity index is 524. The molecule has 0 aliphatic heterocycles. The highest BCUT2D eigenvalue weighted by Crippen LogP contribution is 2.19. The van der Waals surface area contributed by atoms with Gasteiger partial charge in [0, 0.05) is 13.2 Å². The van der Waals surface area contributed by atoms with Crippen LogP contribution in [0, 0.1) is 0 Å². The zero-order chi connectivity index (χ0) is 11.5. The van der Waals surface area contributed by atoms with E-state index in [-0.39, 0.29) is 11.0 Å². The molecule has 0 saturated carbocycles. The third kappa shape index (κ3) is 2.14. The van der Waals surface area contributed by atoms with Crippen LogP contribution in [0.2, 0.25) is 0 Å². The number of aryl methyl sites for hydroxylation is 1. The Balaban J connectivity index is 2.31. The van der Waals surface area contributed by atoms with E-state index in [4.69, 9.17) is 22.7 Å². The van der Waals surface area contributed by atoms with Crippen LogP contribution in [-0.2, 0) is 7.05 Å². The number of pyridine rings is 1. The normalized spacial score (nSPS) is 10.1. The van der Waals surface area contributed by atoms with Gasteiger partial charge in [0.25, 0.3) is 0 Å². The van der Waals surface area contributed by atoms with E-state index in [1.807, 2.05) is 0 Å². The minimum absolute atomic E-state index is 0.207. The van der Waals surface area contributed by atoms with Gasteiger partial charge in [0.05, 0.1) is 5.56 Å². The summed E-state index contributed by atoms with van der Waals surface area (Å²) >= 11 is 4.88. The summed E-state index contributed by atoms with van der Waals surface area (Å²) in [6, 6.07) is 3.67. The Morgan fingerprint density at radius 1 is 1.50 bits per heavy atom. The smallest absolute Gasteiger partial charge is 0.342 e. The molecule has 0 bridgehead atoms. The number of nitrogens with two attached hydrogens (primary N) is 1. The molecule has 0 unspecified atom stereocenters. The van der Waals surface area contributed by atoms with Crippen LogP contribution in [0.4, 0.5) is 0 Å². The van der Waals surface area contributed by atoms with Gasteiger partial charge in [0.2, 0.25) is 5.88 Å². The van der Waals surface area contributed by atoms with E-state index < -0.39 is 0 Å². The van der Waals surface area contributed by atoms with Crippen LogP contribution in [0.1, 0.15) is 5.56 Å². The Labute approximate surface area is 97.1 Å². The SMILES string of the molecule is Cn1cnc(Oc2ncccc2C(N)=S)n1. The second-order valence-corrected chi connectivity index (χ2v) is 3.46. The number of nitrogens with zero attached hydrogens (tertiary/aromatic N) is 4. The molecule has 0 aliphatic carbocycles. The molecule has 0 aliphatic rings. The van der Waals surface area contributed by atoms with Crippen molar-refractivity contribution >= 4 is 17.2 Å². The summed E-state index contributed by atoms with van der Waals surface area (Å²) in [5.74, 6) is 0.307. The van der Waals surface area contributed by atoms with Gasteiger partial charge < -0.3 is 10.5 Å². The number of aromatic nitrogens is 4. The fraction of sp³-hybridized carbons (Fsp3) is 0.111. The Hall–Kier alpha value is -2.02. The lowest BCUT2D eigenvalue weighted by atomic mass is 10.3. The maximum atomic E-state index is 5.54. The van der Waals surface area contributed by atoms with Gasteiger partial charge >= 0.3 is 6.01 Å². The molecule has 2 aromatic rings. The molecule has 0 amide bonds. The fourth-order valence-corrected chi connectivity index (χ4v) is 1.27. The summed E-state index contributed by atoms with van der Waals surface area (Å²) in [6.45, 7) is 0. The van der Waals surface area contributed by atoms with Crippen LogP contribution in [0.15, 0.2) is 24.7 Å². The molecule has 0 saturated heterocycles. The van der Waals surface area contributed by atoms with Crippen molar-refractivity contribution in [1.82, 2.24) is 19.7 Å². The summed E-state index contributed by atoms with van der Waals surface area (Å²) in [4.78, 5) is 8.16. The maximum Gasteiger partial charge on any atom is 0.342 e. The highest BCUT2D eigenvalue weighted by atomic mass is 32.1. The van der Waals surface area contributed by atoms with Gasteiger partial charge in [0.15, 0.2) is 0 Å². The van der Waals surface area contributed by atoms with Crippen LogP contribution in [0.3, 0.4) is 0 Å². The minimum atomic E-state index is 0.207. The Morgan fingerprint density at radius 2 is 2.31 bits per heavy atom. The van der Waals surface area contributed by atoms with Crippen LogP contribution in [0.5, 0.6) is 11.9 Å². The molecular formula is C9H9N5OS. The van der Waals surface area contributed by atoms with Crippen LogP contribution >= 0.6 is 12.2 Å². The molecule has 2 heterocycles. The van der Waals surface area contributed by atoms with Crippen molar-refractivity contribution < 1.29 is 4.74 Å². The first kappa shape index (κ1) is 10.5. The predicted octanol–water partition coefficient (Wildman–Crippen LogP) is 0.637. The highest BCUT2D eigenvalue weighted by Gasteiger charge is 2.10. The van der Waals surface area contributed by atoms with Gasteiger partial charge in [-0.15, -0.1) is 5.10 Å². The zero-order valence-corrected chi connectivity index (χ0v) is 9.31. The van der Waals surface area contributed by atoms with E-state index in [1.54, 1.807) is 25.4 Å². The fourth-order valence-electron chi connectivity index (χ4n) is 1.11. The largest absolute Gasteiger partial charge is 0.403 e. The Kier molecular flexibility index (Phi) is 2.78. The van der Waals surface area contributed by atoms with Crippen molar-refractivity contribution in [3.63, 3.8) is 0 Å². The lowest BCUT2D eigenvalue weighted by Crippen LogP contribution is -2.11. The van der Waals surface area contributed by atoms with Crippen molar-refractivity contribution in [2.45, 2.75) is 0 Å². The summed E-state index contributed by atoms with van der Waals surface area (Å²) in [6.07, 6.45) is 3.11. The molecule has 0 radical (unpaired) electrons.